The summed E-state index contributed by atoms with van der Waals surface area (Å²) in [5, 5.41) is 2.15. The van der Waals surface area contributed by atoms with Crippen LogP contribution in [0.2, 0.25) is 0 Å². The average molecular weight is 639 g/mol. The predicted octanol–water partition coefficient (Wildman–Crippen LogP) is 11.3. The maximum atomic E-state index is 13.5. The second kappa shape index (κ2) is 11.2. The van der Waals surface area contributed by atoms with Crippen molar-refractivity contribution < 1.29 is 12.8 Å². The van der Waals surface area contributed by atoms with E-state index in [9.17, 15) is 8.42 Å². The molecule has 1 aliphatic heterocycles. The second-order valence-electron chi connectivity index (χ2n) is 12.6. The van der Waals surface area contributed by atoms with Crippen LogP contribution in [0.1, 0.15) is 11.1 Å². The van der Waals surface area contributed by atoms with Crippen LogP contribution in [-0.2, 0) is 21.3 Å². The van der Waals surface area contributed by atoms with Crippen LogP contribution in [0, 0.1) is 0 Å². The molecule has 0 spiro atoms. The fourth-order valence-corrected chi connectivity index (χ4v) is 8.65. The second-order valence-corrected chi connectivity index (χ2v) is 14.7. The molecule has 0 atom stereocenters. The molecule has 48 heavy (non-hydrogen) atoms. The predicted molar refractivity (Wildman–Crippen MR) is 197 cm³/mol. The van der Waals surface area contributed by atoms with E-state index in [1.165, 1.54) is 0 Å². The number of para-hydroxylation sites is 1. The van der Waals surface area contributed by atoms with E-state index in [-0.39, 0.29) is 11.5 Å². The first-order valence-electron chi connectivity index (χ1n) is 16.1. The van der Waals surface area contributed by atoms with E-state index in [0.717, 1.165) is 88.7 Å². The Balaban J connectivity index is 1.18. The first-order valence-corrected chi connectivity index (χ1v) is 17.9. The van der Waals surface area contributed by atoms with Gasteiger partial charge in [-0.1, -0.05) is 109 Å². The largest absolute Gasteiger partial charge is 0.456 e. The van der Waals surface area contributed by atoms with Gasteiger partial charge < -0.3 is 4.42 Å². The molecule has 1 aromatic heterocycles. The summed E-state index contributed by atoms with van der Waals surface area (Å²) < 4.78 is 33.1. The van der Waals surface area contributed by atoms with Gasteiger partial charge in [0, 0.05) is 10.8 Å². The quantitative estimate of drug-likeness (QED) is 0.193. The van der Waals surface area contributed by atoms with E-state index in [0.29, 0.717) is 0 Å². The van der Waals surface area contributed by atoms with Crippen molar-refractivity contribution in [1.29, 1.82) is 0 Å². The van der Waals surface area contributed by atoms with Crippen LogP contribution in [0.5, 0.6) is 0 Å². The van der Waals surface area contributed by atoms with Gasteiger partial charge in [-0.25, -0.2) is 8.42 Å². The Morgan fingerprint density at radius 3 is 1.65 bits per heavy atom. The highest BCUT2D eigenvalue weighted by Crippen LogP contribution is 2.41. The molecule has 0 saturated carbocycles. The number of rotatable bonds is 4. The molecule has 0 saturated heterocycles. The van der Waals surface area contributed by atoms with Crippen molar-refractivity contribution in [1.82, 2.24) is 0 Å². The van der Waals surface area contributed by atoms with Crippen LogP contribution in [0.25, 0.3) is 77.6 Å². The lowest BCUT2D eigenvalue weighted by molar-refractivity contribution is 0.595. The van der Waals surface area contributed by atoms with Gasteiger partial charge in [0.15, 0.2) is 9.84 Å². The third-order valence-electron chi connectivity index (χ3n) is 9.45. The summed E-state index contributed by atoms with van der Waals surface area (Å²) in [6.45, 7) is 0. The van der Waals surface area contributed by atoms with Gasteiger partial charge in [0.05, 0.1) is 11.5 Å². The molecule has 9 rings (SSSR count). The normalized spacial score (nSPS) is 13.6. The number of furan rings is 1. The zero-order chi connectivity index (χ0) is 32.2. The standard InChI is InChI=1S/C44H30O3S/c45-48(46)27-34-16-15-32(33-18-20-44-42(26-33)40-13-7-8-14-43(40)47-44)25-41(34)39-19-17-31(21-38(39)28-48)37-23-35(29-9-3-1-4-10-29)22-36(24-37)30-11-5-2-6-12-30/h1-26H,27-28H2. The highest BCUT2D eigenvalue weighted by molar-refractivity contribution is 7.89. The van der Waals surface area contributed by atoms with E-state index < -0.39 is 9.84 Å². The van der Waals surface area contributed by atoms with Crippen LogP contribution < -0.4 is 0 Å². The Hall–Kier alpha value is -5.71. The molecule has 1 aliphatic rings. The van der Waals surface area contributed by atoms with Gasteiger partial charge in [-0.05, 0) is 115 Å². The van der Waals surface area contributed by atoms with Crippen LogP contribution in [0.15, 0.2) is 162 Å². The van der Waals surface area contributed by atoms with E-state index in [4.69, 9.17) is 4.42 Å². The zero-order valence-electron chi connectivity index (χ0n) is 26.1. The molecule has 2 heterocycles. The fraction of sp³-hybridized carbons (Fsp3) is 0.0455. The molecule has 0 aliphatic carbocycles. The summed E-state index contributed by atoms with van der Waals surface area (Å²) >= 11 is 0. The molecule has 0 amide bonds. The maximum absolute atomic E-state index is 13.5. The number of benzene rings is 7. The Labute approximate surface area is 279 Å². The van der Waals surface area contributed by atoms with E-state index in [1.54, 1.807) is 0 Å². The topological polar surface area (TPSA) is 47.3 Å². The van der Waals surface area contributed by atoms with Crippen molar-refractivity contribution >= 4 is 31.8 Å². The van der Waals surface area contributed by atoms with Crippen LogP contribution in [0.4, 0.5) is 0 Å². The van der Waals surface area contributed by atoms with Gasteiger partial charge in [-0.3, -0.25) is 0 Å². The lowest BCUT2D eigenvalue weighted by Crippen LogP contribution is -2.05. The first-order chi connectivity index (χ1) is 23.5. The van der Waals surface area contributed by atoms with E-state index in [1.807, 2.05) is 48.5 Å². The maximum Gasteiger partial charge on any atom is 0.158 e. The van der Waals surface area contributed by atoms with Crippen molar-refractivity contribution in [2.45, 2.75) is 11.5 Å². The molecular formula is C44H30O3S. The summed E-state index contributed by atoms with van der Waals surface area (Å²) in [4.78, 5) is 0. The monoisotopic (exact) mass is 638 g/mol. The highest BCUT2D eigenvalue weighted by Gasteiger charge is 2.25. The summed E-state index contributed by atoms with van der Waals surface area (Å²) in [7, 11) is -3.38. The summed E-state index contributed by atoms with van der Waals surface area (Å²) in [5.41, 5.74) is 14.0. The molecule has 8 aromatic rings. The van der Waals surface area contributed by atoms with Crippen molar-refractivity contribution in [3.63, 3.8) is 0 Å². The SMILES string of the molecule is O=S1(=O)Cc2cc(-c3cc(-c4ccccc4)cc(-c4ccccc4)c3)ccc2-c2cc(-c3ccc4oc5ccccc5c4c3)ccc2C1. The molecule has 0 fully saturated rings. The van der Waals surface area contributed by atoms with E-state index in [2.05, 4.69) is 109 Å². The molecule has 4 heteroatoms. The molecule has 0 unspecified atom stereocenters. The third kappa shape index (κ3) is 5.11. The van der Waals surface area contributed by atoms with Crippen molar-refractivity contribution in [2.75, 3.05) is 0 Å². The van der Waals surface area contributed by atoms with Gasteiger partial charge in [0.25, 0.3) is 0 Å². The minimum atomic E-state index is -3.38. The summed E-state index contributed by atoms with van der Waals surface area (Å²) in [6, 6.07) is 54.3. The van der Waals surface area contributed by atoms with Crippen molar-refractivity contribution in [2.24, 2.45) is 0 Å². The third-order valence-corrected chi connectivity index (χ3v) is 10.9. The van der Waals surface area contributed by atoms with Gasteiger partial charge in [0.1, 0.15) is 11.2 Å². The average Bonchev–Trinajstić information content (AvgIpc) is 3.45. The van der Waals surface area contributed by atoms with Crippen molar-refractivity contribution in [3.8, 4) is 55.6 Å². The molecular weight excluding hydrogens is 609 g/mol. The summed E-state index contributed by atoms with van der Waals surface area (Å²) in [6.07, 6.45) is 0. The Bertz CT molecular complexity index is 2560. The number of fused-ring (bicyclic) bond motifs is 6. The summed E-state index contributed by atoms with van der Waals surface area (Å²) in [5.74, 6) is 0.0107. The van der Waals surface area contributed by atoms with Gasteiger partial charge in [-0.15, -0.1) is 0 Å². The zero-order valence-corrected chi connectivity index (χ0v) is 26.9. The minimum Gasteiger partial charge on any atom is -0.456 e. The lowest BCUT2D eigenvalue weighted by atomic mass is 9.89. The number of hydrogen-bond acceptors (Lipinski definition) is 3. The molecule has 3 nitrogen and oxygen atoms in total. The first kappa shape index (κ1) is 28.5. The number of hydrogen-bond donors (Lipinski definition) is 0. The Kier molecular flexibility index (Phi) is 6.66. The van der Waals surface area contributed by atoms with Gasteiger partial charge in [-0.2, -0.15) is 0 Å². The Morgan fingerprint density at radius 2 is 0.917 bits per heavy atom. The minimum absolute atomic E-state index is 0.00290. The van der Waals surface area contributed by atoms with E-state index >= 15 is 0 Å². The smallest absolute Gasteiger partial charge is 0.158 e. The van der Waals surface area contributed by atoms with Gasteiger partial charge in [0.2, 0.25) is 0 Å². The van der Waals surface area contributed by atoms with Crippen LogP contribution >= 0.6 is 0 Å². The molecule has 0 bridgehead atoms. The molecule has 0 N–H and O–H groups in total. The molecule has 0 radical (unpaired) electrons. The fourth-order valence-electron chi connectivity index (χ4n) is 7.11. The lowest BCUT2D eigenvalue weighted by Gasteiger charge is -2.15. The molecule has 7 aromatic carbocycles. The van der Waals surface area contributed by atoms with Gasteiger partial charge >= 0.3 is 0 Å². The Morgan fingerprint density at radius 1 is 0.375 bits per heavy atom. The van der Waals surface area contributed by atoms with Crippen LogP contribution in [0.3, 0.4) is 0 Å². The highest BCUT2D eigenvalue weighted by atomic mass is 32.2. The molecule has 230 valence electrons. The number of sulfone groups is 1. The van der Waals surface area contributed by atoms with Crippen molar-refractivity contribution in [3.05, 3.63) is 169 Å². The van der Waals surface area contributed by atoms with Crippen LogP contribution in [-0.4, -0.2) is 8.42 Å².